The maximum absolute atomic E-state index is 9.62. The van der Waals surface area contributed by atoms with Crippen LogP contribution in [0.4, 0.5) is 0 Å². The molecule has 1 N–H and O–H groups in total. The summed E-state index contributed by atoms with van der Waals surface area (Å²) in [6.07, 6.45) is 0. The van der Waals surface area contributed by atoms with Crippen LogP contribution in [-0.4, -0.2) is 16.8 Å². The summed E-state index contributed by atoms with van der Waals surface area (Å²) >= 11 is 6.48. The van der Waals surface area contributed by atoms with Crippen LogP contribution < -0.4 is 4.74 Å². The van der Waals surface area contributed by atoms with Crippen molar-refractivity contribution in [2.75, 3.05) is 7.11 Å². The largest absolute Gasteiger partial charge is 0.495 e. The van der Waals surface area contributed by atoms with E-state index in [9.17, 15) is 5.11 Å². The van der Waals surface area contributed by atoms with Gasteiger partial charge in [-0.25, -0.2) is 0 Å². The molecule has 0 fully saturated rings. The Morgan fingerprint density at radius 2 is 1.86 bits per heavy atom. The van der Waals surface area contributed by atoms with Gasteiger partial charge in [-0.05, 0) is 11.6 Å². The van der Waals surface area contributed by atoms with Crippen LogP contribution in [0.15, 0.2) is 48.5 Å². The average Bonchev–Trinajstić information content (AvgIpc) is 2.80. The van der Waals surface area contributed by atoms with Crippen LogP contribution in [0.3, 0.4) is 0 Å². The lowest BCUT2D eigenvalue weighted by Gasteiger charge is -2.10. The van der Waals surface area contributed by atoms with E-state index in [4.69, 9.17) is 16.3 Å². The highest BCUT2D eigenvalue weighted by Crippen LogP contribution is 2.36. The molecule has 3 aromatic rings. The lowest BCUT2D eigenvalue weighted by molar-refractivity contribution is 0.283. The molecule has 1 heterocycles. The molecule has 0 unspecified atom stereocenters. The van der Waals surface area contributed by atoms with E-state index in [-0.39, 0.29) is 6.61 Å². The number of aromatic nitrogens is 1. The molecule has 108 valence electrons. The molecule has 0 aliphatic rings. The number of ether oxygens (including phenoxy) is 1. The molecule has 0 spiro atoms. The number of halogens is 1. The first kappa shape index (κ1) is 14.0. The van der Waals surface area contributed by atoms with E-state index in [1.807, 2.05) is 41.0 Å². The fourth-order valence-corrected chi connectivity index (χ4v) is 2.95. The maximum atomic E-state index is 9.62. The van der Waals surface area contributed by atoms with E-state index in [0.29, 0.717) is 11.7 Å². The second kappa shape index (κ2) is 5.80. The van der Waals surface area contributed by atoms with E-state index in [1.165, 1.54) is 0 Å². The monoisotopic (exact) mass is 301 g/mol. The van der Waals surface area contributed by atoms with Gasteiger partial charge in [0, 0.05) is 17.5 Å². The maximum Gasteiger partial charge on any atom is 0.143 e. The number of hydrogen-bond acceptors (Lipinski definition) is 2. The number of methoxy groups -OCH3 is 1. The molecule has 1 aromatic heterocycles. The predicted octanol–water partition coefficient (Wildman–Crippen LogP) is 3.84. The number of para-hydroxylation sites is 1. The van der Waals surface area contributed by atoms with Gasteiger partial charge in [0.15, 0.2) is 0 Å². The summed E-state index contributed by atoms with van der Waals surface area (Å²) in [6.45, 7) is 0.542. The van der Waals surface area contributed by atoms with E-state index < -0.39 is 0 Å². The minimum Gasteiger partial charge on any atom is -0.495 e. The Labute approximate surface area is 128 Å². The van der Waals surface area contributed by atoms with Crippen LogP contribution in [0, 0.1) is 0 Å². The summed E-state index contributed by atoms with van der Waals surface area (Å²) in [5.41, 5.74) is 2.80. The number of aliphatic hydroxyl groups excluding tert-OH is 1. The van der Waals surface area contributed by atoms with Crippen LogP contribution in [0.2, 0.25) is 5.15 Å². The number of hydrogen-bond donors (Lipinski definition) is 1. The second-order valence-electron chi connectivity index (χ2n) is 4.86. The molecule has 4 heteroatoms. The number of benzene rings is 2. The van der Waals surface area contributed by atoms with Gasteiger partial charge in [-0.15, -0.1) is 0 Å². The first-order valence-corrected chi connectivity index (χ1v) is 7.12. The molecule has 21 heavy (non-hydrogen) atoms. The minimum atomic E-state index is -0.0930. The van der Waals surface area contributed by atoms with Gasteiger partial charge in [0.05, 0.1) is 19.2 Å². The van der Waals surface area contributed by atoms with Crippen molar-refractivity contribution >= 4 is 22.5 Å². The second-order valence-corrected chi connectivity index (χ2v) is 5.21. The third-order valence-corrected chi connectivity index (χ3v) is 4.07. The number of rotatable bonds is 4. The molecule has 3 rings (SSSR count). The zero-order valence-electron chi connectivity index (χ0n) is 11.7. The van der Waals surface area contributed by atoms with Gasteiger partial charge in [-0.1, -0.05) is 54.1 Å². The summed E-state index contributed by atoms with van der Waals surface area (Å²) in [6, 6.07) is 15.9. The van der Waals surface area contributed by atoms with Crippen molar-refractivity contribution in [3.05, 3.63) is 64.8 Å². The molecule has 0 atom stereocenters. The molecule has 0 amide bonds. The Hall–Kier alpha value is -1.97. The zero-order chi connectivity index (χ0) is 14.8. The molecule has 0 aliphatic heterocycles. The number of fused-ring (bicyclic) bond motifs is 1. The number of aliphatic hydroxyl groups is 1. The Bertz CT molecular complexity index is 765. The van der Waals surface area contributed by atoms with E-state index >= 15 is 0 Å². The van der Waals surface area contributed by atoms with Crippen molar-refractivity contribution in [3.8, 4) is 5.75 Å². The normalized spacial score (nSPS) is 11.0. The van der Waals surface area contributed by atoms with Crippen molar-refractivity contribution in [1.82, 2.24) is 4.57 Å². The van der Waals surface area contributed by atoms with Gasteiger partial charge in [0.1, 0.15) is 10.9 Å². The van der Waals surface area contributed by atoms with Crippen LogP contribution >= 0.6 is 11.6 Å². The summed E-state index contributed by atoms with van der Waals surface area (Å²) in [5.74, 6) is 0.755. The summed E-state index contributed by atoms with van der Waals surface area (Å²) in [4.78, 5) is 0. The summed E-state index contributed by atoms with van der Waals surface area (Å²) in [7, 11) is 1.64. The molecule has 0 bridgehead atoms. The highest BCUT2D eigenvalue weighted by Gasteiger charge is 2.18. The van der Waals surface area contributed by atoms with Gasteiger partial charge in [-0.2, -0.15) is 0 Å². The van der Waals surface area contributed by atoms with Crippen LogP contribution in [0.1, 0.15) is 11.1 Å². The molecule has 0 radical (unpaired) electrons. The molecular weight excluding hydrogens is 286 g/mol. The molecule has 2 aromatic carbocycles. The van der Waals surface area contributed by atoms with E-state index in [0.717, 1.165) is 27.8 Å². The highest BCUT2D eigenvalue weighted by atomic mass is 35.5. The lowest BCUT2D eigenvalue weighted by Crippen LogP contribution is -2.01. The SMILES string of the molecule is COc1cccc2c(CO)c(Cl)n(Cc3ccccc3)c12. The smallest absolute Gasteiger partial charge is 0.143 e. The van der Waals surface area contributed by atoms with E-state index in [2.05, 4.69) is 12.1 Å². The van der Waals surface area contributed by atoms with Crippen molar-refractivity contribution in [2.45, 2.75) is 13.2 Å². The quantitative estimate of drug-likeness (QED) is 0.794. The highest BCUT2D eigenvalue weighted by molar-refractivity contribution is 6.32. The number of nitrogens with zero attached hydrogens (tertiary/aromatic N) is 1. The van der Waals surface area contributed by atoms with Gasteiger partial charge in [-0.3, -0.25) is 0 Å². The van der Waals surface area contributed by atoms with Gasteiger partial charge in [0.25, 0.3) is 0 Å². The summed E-state index contributed by atoms with van der Waals surface area (Å²) < 4.78 is 7.44. The molecular formula is C17H16ClNO2. The zero-order valence-corrected chi connectivity index (χ0v) is 12.5. The topological polar surface area (TPSA) is 34.4 Å². The first-order valence-electron chi connectivity index (χ1n) is 6.74. The standard InChI is InChI=1S/C17H16ClNO2/c1-21-15-9-5-8-13-14(11-20)17(18)19(16(13)15)10-12-6-3-2-4-7-12/h2-9,20H,10-11H2,1H3. The Morgan fingerprint density at radius 3 is 2.52 bits per heavy atom. The summed E-state index contributed by atoms with van der Waals surface area (Å²) in [5, 5.41) is 11.1. The Kier molecular flexibility index (Phi) is 3.86. The van der Waals surface area contributed by atoms with Crippen LogP contribution in [0.25, 0.3) is 10.9 Å². The van der Waals surface area contributed by atoms with Crippen LogP contribution in [0.5, 0.6) is 5.75 Å². The van der Waals surface area contributed by atoms with Crippen molar-refractivity contribution < 1.29 is 9.84 Å². The Balaban J connectivity index is 2.23. The Morgan fingerprint density at radius 1 is 1.10 bits per heavy atom. The van der Waals surface area contributed by atoms with Crippen molar-refractivity contribution in [3.63, 3.8) is 0 Å². The van der Waals surface area contributed by atoms with Crippen molar-refractivity contribution in [1.29, 1.82) is 0 Å². The predicted molar refractivity (Wildman–Crippen MR) is 85.0 cm³/mol. The average molecular weight is 302 g/mol. The molecule has 0 saturated carbocycles. The van der Waals surface area contributed by atoms with E-state index in [1.54, 1.807) is 7.11 Å². The van der Waals surface area contributed by atoms with Crippen LogP contribution in [-0.2, 0) is 13.2 Å². The fraction of sp³-hybridized carbons (Fsp3) is 0.176. The minimum absolute atomic E-state index is 0.0930. The van der Waals surface area contributed by atoms with Gasteiger partial charge < -0.3 is 14.4 Å². The third kappa shape index (κ3) is 2.39. The molecule has 3 nitrogen and oxygen atoms in total. The van der Waals surface area contributed by atoms with Crippen molar-refractivity contribution in [2.24, 2.45) is 0 Å². The first-order chi connectivity index (χ1) is 10.3. The van der Waals surface area contributed by atoms with Gasteiger partial charge >= 0.3 is 0 Å². The fourth-order valence-electron chi connectivity index (χ4n) is 2.65. The van der Waals surface area contributed by atoms with Gasteiger partial charge in [0.2, 0.25) is 0 Å². The molecule has 0 aliphatic carbocycles. The lowest BCUT2D eigenvalue weighted by atomic mass is 10.1. The third-order valence-electron chi connectivity index (χ3n) is 3.64. The molecule has 0 saturated heterocycles.